The average Bonchev–Trinajstić information content (AvgIpc) is 2.89. The Morgan fingerprint density at radius 3 is 2.67 bits per heavy atom. The number of ether oxygens (including phenoxy) is 1. The summed E-state index contributed by atoms with van der Waals surface area (Å²) in [6.45, 7) is 5.55. The van der Waals surface area contributed by atoms with Gasteiger partial charge in [0.15, 0.2) is 0 Å². The molecule has 104 valence electrons. The smallest absolute Gasteiger partial charge is 0.222 e. The Morgan fingerprint density at radius 1 is 1.28 bits per heavy atom. The molecular formula is C13H24N2O3. The van der Waals surface area contributed by atoms with Crippen molar-refractivity contribution in [1.29, 1.82) is 0 Å². The molecule has 18 heavy (non-hydrogen) atoms. The normalized spacial score (nSPS) is 25.6. The fourth-order valence-corrected chi connectivity index (χ4v) is 2.64. The highest BCUT2D eigenvalue weighted by atomic mass is 16.5. The van der Waals surface area contributed by atoms with Crippen LogP contribution in [-0.2, 0) is 9.53 Å². The first-order chi connectivity index (χ1) is 8.79. The predicted molar refractivity (Wildman–Crippen MR) is 68.3 cm³/mol. The molecule has 2 aliphatic rings. The Kier molecular flexibility index (Phi) is 5.41. The van der Waals surface area contributed by atoms with Gasteiger partial charge in [0, 0.05) is 52.4 Å². The summed E-state index contributed by atoms with van der Waals surface area (Å²) in [6, 6.07) is 0. The summed E-state index contributed by atoms with van der Waals surface area (Å²) in [5.41, 5.74) is 0. The standard InChI is InChI=1S/C13H24N2O3/c16-9-1-4-13(17)15-7-5-14(6-8-15)11-12-3-2-10-18-12/h12,16H,1-11H2. The van der Waals surface area contributed by atoms with Crippen molar-refractivity contribution >= 4 is 5.91 Å². The number of amides is 1. The van der Waals surface area contributed by atoms with E-state index < -0.39 is 0 Å². The topological polar surface area (TPSA) is 53.0 Å². The second-order valence-corrected chi connectivity index (χ2v) is 5.14. The molecule has 2 aliphatic heterocycles. The number of carbonyl (C=O) groups excluding carboxylic acids is 1. The molecule has 0 aromatic rings. The van der Waals surface area contributed by atoms with E-state index in [9.17, 15) is 4.79 Å². The molecular weight excluding hydrogens is 232 g/mol. The molecule has 5 nitrogen and oxygen atoms in total. The summed E-state index contributed by atoms with van der Waals surface area (Å²) in [7, 11) is 0. The van der Waals surface area contributed by atoms with E-state index >= 15 is 0 Å². The first-order valence-electron chi connectivity index (χ1n) is 7.02. The minimum absolute atomic E-state index is 0.102. The van der Waals surface area contributed by atoms with Crippen molar-refractivity contribution < 1.29 is 14.6 Å². The van der Waals surface area contributed by atoms with Gasteiger partial charge in [-0.25, -0.2) is 0 Å². The molecule has 1 amide bonds. The minimum Gasteiger partial charge on any atom is -0.396 e. The fourth-order valence-electron chi connectivity index (χ4n) is 2.64. The molecule has 1 N–H and O–H groups in total. The van der Waals surface area contributed by atoms with Crippen LogP contribution in [0.2, 0.25) is 0 Å². The van der Waals surface area contributed by atoms with Crippen LogP contribution in [0.5, 0.6) is 0 Å². The Morgan fingerprint density at radius 2 is 2.06 bits per heavy atom. The highest BCUT2D eigenvalue weighted by molar-refractivity contribution is 5.76. The molecule has 1 atom stereocenters. The molecule has 0 aliphatic carbocycles. The number of carbonyl (C=O) groups is 1. The van der Waals surface area contributed by atoms with Crippen LogP contribution in [0.25, 0.3) is 0 Å². The Labute approximate surface area is 109 Å². The first kappa shape index (κ1) is 13.8. The van der Waals surface area contributed by atoms with Crippen LogP contribution in [0.4, 0.5) is 0 Å². The summed E-state index contributed by atoms with van der Waals surface area (Å²) in [5, 5.41) is 8.72. The van der Waals surface area contributed by atoms with E-state index in [1.54, 1.807) is 0 Å². The summed E-state index contributed by atoms with van der Waals surface area (Å²) in [6.07, 6.45) is 3.82. The molecule has 2 saturated heterocycles. The largest absolute Gasteiger partial charge is 0.396 e. The van der Waals surface area contributed by atoms with Crippen LogP contribution in [0.1, 0.15) is 25.7 Å². The van der Waals surface area contributed by atoms with Gasteiger partial charge in [-0.3, -0.25) is 9.69 Å². The third-order valence-corrected chi connectivity index (χ3v) is 3.76. The van der Waals surface area contributed by atoms with Gasteiger partial charge < -0.3 is 14.7 Å². The lowest BCUT2D eigenvalue weighted by atomic mass is 10.2. The lowest BCUT2D eigenvalue weighted by Gasteiger charge is -2.35. The maximum Gasteiger partial charge on any atom is 0.222 e. The van der Waals surface area contributed by atoms with Gasteiger partial charge in [-0.05, 0) is 19.3 Å². The number of aliphatic hydroxyl groups excluding tert-OH is 1. The van der Waals surface area contributed by atoms with Crippen LogP contribution in [-0.4, -0.2) is 72.9 Å². The number of rotatable bonds is 5. The van der Waals surface area contributed by atoms with Gasteiger partial charge in [-0.1, -0.05) is 0 Å². The van der Waals surface area contributed by atoms with Crippen LogP contribution >= 0.6 is 0 Å². The van der Waals surface area contributed by atoms with Gasteiger partial charge in [0.2, 0.25) is 5.91 Å². The highest BCUT2D eigenvalue weighted by Crippen LogP contribution is 2.14. The van der Waals surface area contributed by atoms with Gasteiger partial charge in [0.1, 0.15) is 0 Å². The van der Waals surface area contributed by atoms with E-state index in [0.717, 1.165) is 39.3 Å². The van der Waals surface area contributed by atoms with E-state index in [-0.39, 0.29) is 12.5 Å². The lowest BCUT2D eigenvalue weighted by Crippen LogP contribution is -2.50. The van der Waals surface area contributed by atoms with Crippen molar-refractivity contribution in [3.63, 3.8) is 0 Å². The monoisotopic (exact) mass is 256 g/mol. The first-order valence-corrected chi connectivity index (χ1v) is 7.02. The van der Waals surface area contributed by atoms with E-state index in [0.29, 0.717) is 18.9 Å². The minimum atomic E-state index is 0.102. The molecule has 2 heterocycles. The van der Waals surface area contributed by atoms with Gasteiger partial charge in [-0.15, -0.1) is 0 Å². The molecule has 0 aromatic carbocycles. The number of hydrogen-bond donors (Lipinski definition) is 1. The lowest BCUT2D eigenvalue weighted by molar-refractivity contribution is -0.133. The van der Waals surface area contributed by atoms with Crippen molar-refractivity contribution in [1.82, 2.24) is 9.80 Å². The summed E-state index contributed by atoms with van der Waals surface area (Å²) in [4.78, 5) is 16.1. The molecule has 0 radical (unpaired) electrons. The number of aliphatic hydroxyl groups is 1. The second-order valence-electron chi connectivity index (χ2n) is 5.14. The third kappa shape index (κ3) is 3.93. The van der Waals surface area contributed by atoms with Crippen LogP contribution in [0.3, 0.4) is 0 Å². The zero-order chi connectivity index (χ0) is 12.8. The molecule has 0 spiro atoms. The van der Waals surface area contributed by atoms with E-state index in [1.165, 1.54) is 12.8 Å². The summed E-state index contributed by atoms with van der Waals surface area (Å²) in [5.74, 6) is 0.181. The molecule has 0 aromatic heterocycles. The Bertz CT molecular complexity index is 259. The van der Waals surface area contributed by atoms with Crippen molar-refractivity contribution in [2.75, 3.05) is 45.9 Å². The number of hydrogen-bond acceptors (Lipinski definition) is 4. The maximum atomic E-state index is 11.8. The molecule has 2 fully saturated rings. The van der Waals surface area contributed by atoms with E-state index in [1.807, 2.05) is 4.90 Å². The number of piperazine rings is 1. The van der Waals surface area contributed by atoms with Gasteiger partial charge in [-0.2, -0.15) is 0 Å². The van der Waals surface area contributed by atoms with Crippen molar-refractivity contribution in [2.45, 2.75) is 31.8 Å². The van der Waals surface area contributed by atoms with E-state index in [4.69, 9.17) is 9.84 Å². The van der Waals surface area contributed by atoms with Crippen molar-refractivity contribution in [3.8, 4) is 0 Å². The third-order valence-electron chi connectivity index (χ3n) is 3.76. The second kappa shape index (κ2) is 7.07. The molecule has 2 rings (SSSR count). The quantitative estimate of drug-likeness (QED) is 0.757. The van der Waals surface area contributed by atoms with Crippen LogP contribution in [0.15, 0.2) is 0 Å². The van der Waals surface area contributed by atoms with Crippen molar-refractivity contribution in [3.05, 3.63) is 0 Å². The summed E-state index contributed by atoms with van der Waals surface area (Å²) < 4.78 is 5.63. The highest BCUT2D eigenvalue weighted by Gasteiger charge is 2.24. The van der Waals surface area contributed by atoms with Gasteiger partial charge >= 0.3 is 0 Å². The average molecular weight is 256 g/mol. The van der Waals surface area contributed by atoms with E-state index in [2.05, 4.69) is 4.90 Å². The summed E-state index contributed by atoms with van der Waals surface area (Å²) >= 11 is 0. The van der Waals surface area contributed by atoms with Crippen LogP contribution in [0, 0.1) is 0 Å². The predicted octanol–water partition coefficient (Wildman–Crippen LogP) is 0.0821. The molecule has 1 unspecified atom stereocenters. The SMILES string of the molecule is O=C(CCCO)N1CCN(CC2CCCO2)CC1. The Balaban J connectivity index is 1.65. The molecule has 0 saturated carbocycles. The van der Waals surface area contributed by atoms with Crippen LogP contribution < -0.4 is 0 Å². The molecule has 5 heteroatoms. The van der Waals surface area contributed by atoms with Crippen molar-refractivity contribution in [2.24, 2.45) is 0 Å². The zero-order valence-corrected chi connectivity index (χ0v) is 11.0. The van der Waals surface area contributed by atoms with Gasteiger partial charge in [0.05, 0.1) is 6.10 Å². The zero-order valence-electron chi connectivity index (χ0n) is 11.0. The molecule has 0 bridgehead atoms. The Hall–Kier alpha value is -0.650. The number of nitrogens with zero attached hydrogens (tertiary/aromatic N) is 2. The maximum absolute atomic E-state index is 11.8. The fraction of sp³-hybridized carbons (Fsp3) is 0.923. The van der Waals surface area contributed by atoms with Gasteiger partial charge in [0.25, 0.3) is 0 Å².